The number of aliphatic hydroxyl groups is 1. The molecule has 20 heavy (non-hydrogen) atoms. The molecule has 0 amide bonds. The molecule has 104 valence electrons. The Hall–Kier alpha value is -1.60. The van der Waals surface area contributed by atoms with Gasteiger partial charge < -0.3 is 5.11 Å². The lowest BCUT2D eigenvalue weighted by atomic mass is 9.95. The van der Waals surface area contributed by atoms with Crippen molar-refractivity contribution < 1.29 is 5.11 Å². The van der Waals surface area contributed by atoms with Gasteiger partial charge in [0.1, 0.15) is 0 Å². The van der Waals surface area contributed by atoms with Crippen LogP contribution in [-0.2, 0) is 6.42 Å². The largest absolute Gasteiger partial charge is 0.388 e. The Balaban J connectivity index is 1.83. The van der Waals surface area contributed by atoms with E-state index in [1.165, 1.54) is 41.2 Å². The van der Waals surface area contributed by atoms with Gasteiger partial charge in [-0.15, -0.1) is 0 Å². The van der Waals surface area contributed by atoms with Crippen LogP contribution in [0.2, 0.25) is 0 Å². The van der Waals surface area contributed by atoms with Gasteiger partial charge in [0.2, 0.25) is 0 Å². The summed E-state index contributed by atoms with van der Waals surface area (Å²) in [6, 6.07) is 14.8. The molecule has 1 N–H and O–H groups in total. The van der Waals surface area contributed by atoms with E-state index in [-0.39, 0.29) is 6.10 Å². The van der Waals surface area contributed by atoms with Crippen molar-refractivity contribution in [3.63, 3.8) is 0 Å². The zero-order valence-electron chi connectivity index (χ0n) is 11.9. The summed E-state index contributed by atoms with van der Waals surface area (Å²) in [7, 11) is 0. The Morgan fingerprint density at radius 1 is 0.950 bits per heavy atom. The number of fused-ring (bicyclic) bond motifs is 1. The van der Waals surface area contributed by atoms with Crippen molar-refractivity contribution in [3.05, 3.63) is 59.7 Å². The first-order chi connectivity index (χ1) is 9.84. The second-order valence-corrected chi connectivity index (χ2v) is 5.74. The maximum atomic E-state index is 10.5. The lowest BCUT2D eigenvalue weighted by molar-refractivity contribution is 0.207. The molecule has 1 aliphatic carbocycles. The molecule has 0 saturated heterocycles. The fourth-order valence-corrected chi connectivity index (χ4v) is 3.15. The van der Waals surface area contributed by atoms with E-state index in [1.54, 1.807) is 0 Å². The Morgan fingerprint density at radius 3 is 2.75 bits per heavy atom. The van der Waals surface area contributed by atoms with Crippen LogP contribution in [0, 0.1) is 0 Å². The van der Waals surface area contributed by atoms with Crippen LogP contribution in [0.3, 0.4) is 0 Å². The zero-order valence-corrected chi connectivity index (χ0v) is 11.9. The quantitative estimate of drug-likeness (QED) is 0.803. The van der Waals surface area contributed by atoms with Gasteiger partial charge >= 0.3 is 0 Å². The number of rotatable bonds is 3. The van der Waals surface area contributed by atoms with E-state index < -0.39 is 0 Å². The number of hydrogen-bond acceptors (Lipinski definition) is 1. The first kappa shape index (κ1) is 13.4. The summed E-state index contributed by atoms with van der Waals surface area (Å²) in [4.78, 5) is 0. The molecule has 1 unspecified atom stereocenters. The van der Waals surface area contributed by atoms with Crippen LogP contribution in [0.25, 0.3) is 10.8 Å². The second-order valence-electron chi connectivity index (χ2n) is 5.74. The monoisotopic (exact) mass is 266 g/mol. The van der Waals surface area contributed by atoms with E-state index in [0.717, 1.165) is 19.3 Å². The van der Waals surface area contributed by atoms with Gasteiger partial charge in [-0.2, -0.15) is 0 Å². The molecule has 1 nitrogen and oxygen atoms in total. The van der Waals surface area contributed by atoms with Crippen molar-refractivity contribution in [2.45, 2.75) is 44.6 Å². The highest BCUT2D eigenvalue weighted by molar-refractivity contribution is 5.85. The normalized spacial score (nSPS) is 17.6. The van der Waals surface area contributed by atoms with Gasteiger partial charge in [0.05, 0.1) is 6.10 Å². The molecule has 1 atom stereocenters. The predicted octanol–water partition coefficient (Wildman–Crippen LogP) is 4.63. The van der Waals surface area contributed by atoms with Crippen LogP contribution in [0.1, 0.15) is 37.7 Å². The second kappa shape index (κ2) is 6.23. The summed E-state index contributed by atoms with van der Waals surface area (Å²) in [6.07, 6.45) is 8.65. The van der Waals surface area contributed by atoms with Gasteiger partial charge in [-0.25, -0.2) is 0 Å². The zero-order chi connectivity index (χ0) is 13.8. The highest BCUT2D eigenvalue weighted by Crippen LogP contribution is 2.25. The molecule has 1 heteroatoms. The lowest BCUT2D eigenvalue weighted by Crippen LogP contribution is -2.14. The first-order valence-corrected chi connectivity index (χ1v) is 7.68. The number of hydrogen-bond donors (Lipinski definition) is 1. The smallest absolute Gasteiger partial charge is 0.0790 e. The molecule has 0 aliphatic heterocycles. The molecule has 0 spiro atoms. The van der Waals surface area contributed by atoms with E-state index in [1.807, 2.05) is 0 Å². The van der Waals surface area contributed by atoms with Crippen molar-refractivity contribution in [3.8, 4) is 0 Å². The van der Waals surface area contributed by atoms with Gasteiger partial charge in [0, 0.05) is 6.42 Å². The van der Waals surface area contributed by atoms with Gasteiger partial charge in [-0.3, -0.25) is 0 Å². The lowest BCUT2D eigenvalue weighted by Gasteiger charge is -2.15. The maximum absolute atomic E-state index is 10.5. The highest BCUT2D eigenvalue weighted by Gasteiger charge is 2.14. The molecule has 2 aromatic rings. The van der Waals surface area contributed by atoms with Crippen LogP contribution >= 0.6 is 0 Å². The van der Waals surface area contributed by atoms with Crippen LogP contribution in [-0.4, -0.2) is 11.2 Å². The molecule has 2 aromatic carbocycles. The topological polar surface area (TPSA) is 20.2 Å². The SMILES string of the molecule is OC(Cc1cccc2ccccc12)C1=CCCCCC1. The summed E-state index contributed by atoms with van der Waals surface area (Å²) in [5.74, 6) is 0. The minimum Gasteiger partial charge on any atom is -0.388 e. The van der Waals surface area contributed by atoms with Crippen LogP contribution in [0.15, 0.2) is 54.1 Å². The van der Waals surface area contributed by atoms with E-state index in [0.29, 0.717) is 0 Å². The minimum absolute atomic E-state index is 0.320. The summed E-state index contributed by atoms with van der Waals surface area (Å²) < 4.78 is 0. The van der Waals surface area contributed by atoms with Crippen molar-refractivity contribution in [1.82, 2.24) is 0 Å². The maximum Gasteiger partial charge on any atom is 0.0790 e. The molecular weight excluding hydrogens is 244 g/mol. The average Bonchev–Trinajstić information content (AvgIpc) is 2.77. The van der Waals surface area contributed by atoms with Gasteiger partial charge in [-0.05, 0) is 47.6 Å². The molecule has 0 heterocycles. The van der Waals surface area contributed by atoms with E-state index in [4.69, 9.17) is 0 Å². The van der Waals surface area contributed by atoms with E-state index >= 15 is 0 Å². The summed E-state index contributed by atoms with van der Waals surface area (Å²) >= 11 is 0. The van der Waals surface area contributed by atoms with Gasteiger partial charge in [-0.1, -0.05) is 55.0 Å². The molecule has 1 aliphatic rings. The predicted molar refractivity (Wildman–Crippen MR) is 84.8 cm³/mol. The third-order valence-electron chi connectivity index (χ3n) is 4.30. The fraction of sp³-hybridized carbons (Fsp3) is 0.368. The van der Waals surface area contributed by atoms with Crippen LogP contribution < -0.4 is 0 Å². The Kier molecular flexibility index (Phi) is 4.17. The number of benzene rings is 2. The summed E-state index contributed by atoms with van der Waals surface area (Å²) in [5.41, 5.74) is 2.50. The standard InChI is InChI=1S/C19H22O/c20-19(16-9-3-1-2-4-10-16)14-17-12-7-11-15-8-5-6-13-18(15)17/h5-9,11-13,19-20H,1-4,10,14H2. The first-order valence-electron chi connectivity index (χ1n) is 7.68. The molecular formula is C19H22O. The molecule has 0 saturated carbocycles. The van der Waals surface area contributed by atoms with Crippen LogP contribution in [0.5, 0.6) is 0 Å². The van der Waals surface area contributed by atoms with E-state index in [9.17, 15) is 5.11 Å². The van der Waals surface area contributed by atoms with Crippen molar-refractivity contribution in [2.24, 2.45) is 0 Å². The third kappa shape index (κ3) is 2.94. The fourth-order valence-electron chi connectivity index (χ4n) is 3.15. The third-order valence-corrected chi connectivity index (χ3v) is 4.30. The average molecular weight is 266 g/mol. The summed E-state index contributed by atoms with van der Waals surface area (Å²) in [6.45, 7) is 0. The molecule has 3 rings (SSSR count). The van der Waals surface area contributed by atoms with E-state index in [2.05, 4.69) is 48.5 Å². The summed E-state index contributed by atoms with van der Waals surface area (Å²) in [5, 5.41) is 13.1. The molecule has 0 aromatic heterocycles. The van der Waals surface area contributed by atoms with Crippen LogP contribution in [0.4, 0.5) is 0 Å². The Morgan fingerprint density at radius 2 is 1.80 bits per heavy atom. The van der Waals surface area contributed by atoms with Crippen molar-refractivity contribution in [2.75, 3.05) is 0 Å². The number of aliphatic hydroxyl groups excluding tert-OH is 1. The molecule has 0 radical (unpaired) electrons. The van der Waals surface area contributed by atoms with Crippen molar-refractivity contribution in [1.29, 1.82) is 0 Å². The van der Waals surface area contributed by atoms with Gasteiger partial charge in [0.15, 0.2) is 0 Å². The van der Waals surface area contributed by atoms with Gasteiger partial charge in [0.25, 0.3) is 0 Å². The van der Waals surface area contributed by atoms with Crippen molar-refractivity contribution >= 4 is 10.8 Å². The molecule has 0 fully saturated rings. The Bertz CT molecular complexity index is 607. The Labute approximate surface area is 120 Å². The number of allylic oxidation sites excluding steroid dienone is 1. The molecule has 0 bridgehead atoms. The highest BCUT2D eigenvalue weighted by atomic mass is 16.3. The minimum atomic E-state index is -0.320.